The third kappa shape index (κ3) is 8.44. The van der Waals surface area contributed by atoms with Gasteiger partial charge in [-0.25, -0.2) is 0 Å². The van der Waals surface area contributed by atoms with Crippen LogP contribution in [0.1, 0.15) is 38.5 Å². The SMILES string of the molecule is FC(F)(F)COCCCCCC1CCNCC1. The summed E-state index contributed by atoms with van der Waals surface area (Å²) < 4.78 is 39.8. The third-order valence-electron chi connectivity index (χ3n) is 3.13. The fourth-order valence-electron chi connectivity index (χ4n) is 2.17. The van der Waals surface area contributed by atoms with Gasteiger partial charge in [0.1, 0.15) is 6.61 Å². The highest BCUT2D eigenvalue weighted by Gasteiger charge is 2.27. The molecule has 0 aromatic heterocycles. The maximum atomic E-state index is 11.7. The second kappa shape index (κ2) is 7.93. The maximum absolute atomic E-state index is 11.7. The van der Waals surface area contributed by atoms with Gasteiger partial charge in [-0.2, -0.15) is 13.2 Å². The van der Waals surface area contributed by atoms with Crippen molar-refractivity contribution in [3.8, 4) is 0 Å². The molecule has 0 radical (unpaired) electrons. The van der Waals surface area contributed by atoms with E-state index in [-0.39, 0.29) is 6.61 Å². The molecule has 102 valence electrons. The Labute approximate surface area is 101 Å². The Bertz CT molecular complexity index is 191. The van der Waals surface area contributed by atoms with Crippen LogP contribution in [-0.2, 0) is 4.74 Å². The molecular weight excluding hydrogens is 231 g/mol. The van der Waals surface area contributed by atoms with Crippen LogP contribution in [0, 0.1) is 5.92 Å². The molecule has 1 aliphatic rings. The van der Waals surface area contributed by atoms with E-state index in [0.717, 1.165) is 38.3 Å². The van der Waals surface area contributed by atoms with Crippen molar-refractivity contribution in [1.29, 1.82) is 0 Å². The topological polar surface area (TPSA) is 21.3 Å². The van der Waals surface area contributed by atoms with Gasteiger partial charge in [0.15, 0.2) is 0 Å². The van der Waals surface area contributed by atoms with E-state index in [4.69, 9.17) is 0 Å². The van der Waals surface area contributed by atoms with Gasteiger partial charge in [-0.05, 0) is 38.3 Å². The van der Waals surface area contributed by atoms with Gasteiger partial charge in [0, 0.05) is 6.61 Å². The van der Waals surface area contributed by atoms with Crippen molar-refractivity contribution in [3.63, 3.8) is 0 Å². The average molecular weight is 253 g/mol. The Morgan fingerprint density at radius 3 is 2.41 bits per heavy atom. The molecule has 1 heterocycles. The minimum absolute atomic E-state index is 0.228. The van der Waals surface area contributed by atoms with Crippen LogP contribution in [0.5, 0.6) is 0 Å². The van der Waals surface area contributed by atoms with Crippen LogP contribution >= 0.6 is 0 Å². The van der Waals surface area contributed by atoms with E-state index in [9.17, 15) is 13.2 Å². The van der Waals surface area contributed by atoms with Gasteiger partial charge in [0.2, 0.25) is 0 Å². The van der Waals surface area contributed by atoms with Gasteiger partial charge >= 0.3 is 6.18 Å². The van der Waals surface area contributed by atoms with E-state index in [2.05, 4.69) is 10.1 Å². The van der Waals surface area contributed by atoms with Gasteiger partial charge in [0.25, 0.3) is 0 Å². The number of ether oxygens (including phenoxy) is 1. The summed E-state index contributed by atoms with van der Waals surface area (Å²) in [4.78, 5) is 0. The fraction of sp³-hybridized carbons (Fsp3) is 1.00. The van der Waals surface area contributed by atoms with Crippen molar-refractivity contribution in [2.45, 2.75) is 44.7 Å². The zero-order valence-corrected chi connectivity index (χ0v) is 10.2. The lowest BCUT2D eigenvalue weighted by Gasteiger charge is -2.22. The molecule has 0 amide bonds. The third-order valence-corrected chi connectivity index (χ3v) is 3.13. The average Bonchev–Trinajstić information content (AvgIpc) is 2.28. The fourth-order valence-corrected chi connectivity index (χ4v) is 2.17. The minimum atomic E-state index is -4.19. The summed E-state index contributed by atoms with van der Waals surface area (Å²) in [5.74, 6) is 0.812. The number of piperidine rings is 1. The van der Waals surface area contributed by atoms with Crippen molar-refractivity contribution in [2.75, 3.05) is 26.3 Å². The first-order valence-corrected chi connectivity index (χ1v) is 6.43. The molecule has 1 N–H and O–H groups in total. The molecule has 0 aliphatic carbocycles. The Morgan fingerprint density at radius 2 is 1.76 bits per heavy atom. The number of nitrogens with one attached hydrogen (secondary N) is 1. The molecular formula is C12H22F3NO. The summed E-state index contributed by atoms with van der Waals surface area (Å²) in [6, 6.07) is 0. The summed E-state index contributed by atoms with van der Waals surface area (Å²) in [5, 5.41) is 3.32. The van der Waals surface area contributed by atoms with Crippen LogP contribution in [0.3, 0.4) is 0 Å². The van der Waals surface area contributed by atoms with Crippen molar-refractivity contribution < 1.29 is 17.9 Å². The van der Waals surface area contributed by atoms with Gasteiger partial charge in [-0.3, -0.25) is 0 Å². The number of rotatable bonds is 7. The monoisotopic (exact) mass is 253 g/mol. The standard InChI is InChI=1S/C12H22F3NO/c13-12(14,15)10-17-9-3-1-2-4-11-5-7-16-8-6-11/h11,16H,1-10H2. The van der Waals surface area contributed by atoms with Crippen LogP contribution in [-0.4, -0.2) is 32.5 Å². The molecule has 1 saturated heterocycles. The molecule has 1 aliphatic heterocycles. The first kappa shape index (κ1) is 14.8. The Kier molecular flexibility index (Phi) is 6.89. The lowest BCUT2D eigenvalue weighted by Crippen LogP contribution is -2.27. The summed E-state index contributed by atoms with van der Waals surface area (Å²) in [5.41, 5.74) is 0. The van der Waals surface area contributed by atoms with Crippen LogP contribution in [0.15, 0.2) is 0 Å². The Morgan fingerprint density at radius 1 is 1.06 bits per heavy atom. The zero-order chi connectivity index (χ0) is 12.6. The molecule has 0 saturated carbocycles. The molecule has 0 aromatic carbocycles. The second-order valence-corrected chi connectivity index (χ2v) is 4.71. The predicted octanol–water partition coefficient (Wildman–Crippen LogP) is 3.13. The first-order valence-electron chi connectivity index (χ1n) is 6.43. The van der Waals surface area contributed by atoms with Crippen molar-refractivity contribution in [3.05, 3.63) is 0 Å². The van der Waals surface area contributed by atoms with Crippen LogP contribution in [0.25, 0.3) is 0 Å². The normalized spacial score (nSPS) is 18.5. The summed E-state index contributed by atoms with van der Waals surface area (Å²) >= 11 is 0. The second-order valence-electron chi connectivity index (χ2n) is 4.71. The number of alkyl halides is 3. The number of hydrogen-bond donors (Lipinski definition) is 1. The van der Waals surface area contributed by atoms with Crippen molar-refractivity contribution >= 4 is 0 Å². The van der Waals surface area contributed by atoms with Crippen LogP contribution in [0.4, 0.5) is 13.2 Å². The molecule has 5 heteroatoms. The number of unbranched alkanes of at least 4 members (excludes halogenated alkanes) is 2. The summed E-state index contributed by atoms with van der Waals surface area (Å²) in [7, 11) is 0. The largest absolute Gasteiger partial charge is 0.411 e. The predicted molar refractivity (Wildman–Crippen MR) is 60.9 cm³/mol. The molecule has 17 heavy (non-hydrogen) atoms. The Balaban J connectivity index is 1.84. The van der Waals surface area contributed by atoms with E-state index < -0.39 is 12.8 Å². The highest BCUT2D eigenvalue weighted by Crippen LogP contribution is 2.19. The molecule has 2 nitrogen and oxygen atoms in total. The van der Waals surface area contributed by atoms with E-state index >= 15 is 0 Å². The van der Waals surface area contributed by atoms with E-state index in [1.165, 1.54) is 19.3 Å². The molecule has 0 aromatic rings. The number of hydrogen-bond acceptors (Lipinski definition) is 2. The smallest absolute Gasteiger partial charge is 0.372 e. The molecule has 0 unspecified atom stereocenters. The van der Waals surface area contributed by atoms with Crippen LogP contribution in [0.2, 0.25) is 0 Å². The molecule has 0 spiro atoms. The van der Waals surface area contributed by atoms with Crippen molar-refractivity contribution in [2.24, 2.45) is 5.92 Å². The molecule has 0 atom stereocenters. The quantitative estimate of drug-likeness (QED) is 0.704. The van der Waals surface area contributed by atoms with Crippen molar-refractivity contribution in [1.82, 2.24) is 5.32 Å². The summed E-state index contributed by atoms with van der Waals surface area (Å²) in [6.07, 6.45) is 2.33. The lowest BCUT2D eigenvalue weighted by molar-refractivity contribution is -0.174. The highest BCUT2D eigenvalue weighted by atomic mass is 19.4. The maximum Gasteiger partial charge on any atom is 0.411 e. The summed E-state index contributed by atoms with van der Waals surface area (Å²) in [6.45, 7) is 1.34. The van der Waals surface area contributed by atoms with Gasteiger partial charge in [0.05, 0.1) is 0 Å². The number of halogens is 3. The molecule has 1 rings (SSSR count). The van der Waals surface area contributed by atoms with E-state index in [0.29, 0.717) is 0 Å². The molecule has 0 bridgehead atoms. The molecule has 1 fully saturated rings. The lowest BCUT2D eigenvalue weighted by atomic mass is 9.92. The van der Waals surface area contributed by atoms with E-state index in [1.807, 2.05) is 0 Å². The van der Waals surface area contributed by atoms with Crippen LogP contribution < -0.4 is 5.32 Å². The zero-order valence-electron chi connectivity index (χ0n) is 10.2. The first-order chi connectivity index (χ1) is 8.08. The highest BCUT2D eigenvalue weighted by molar-refractivity contribution is 4.68. The Hall–Kier alpha value is -0.290. The van der Waals surface area contributed by atoms with Gasteiger partial charge < -0.3 is 10.1 Å². The minimum Gasteiger partial charge on any atom is -0.372 e. The van der Waals surface area contributed by atoms with Gasteiger partial charge in [-0.15, -0.1) is 0 Å². The van der Waals surface area contributed by atoms with Gasteiger partial charge in [-0.1, -0.05) is 19.3 Å². The van der Waals surface area contributed by atoms with E-state index in [1.54, 1.807) is 0 Å².